The van der Waals surface area contributed by atoms with E-state index in [1.165, 1.54) is 36.2 Å². The molecule has 152 valence electrons. The highest BCUT2D eigenvalue weighted by Gasteiger charge is 2.48. The zero-order valence-electron chi connectivity index (χ0n) is 15.7. The van der Waals surface area contributed by atoms with E-state index in [0.717, 1.165) is 12.2 Å². The van der Waals surface area contributed by atoms with Gasteiger partial charge in [0.05, 0.1) is 17.7 Å². The Bertz CT molecular complexity index is 971. The monoisotopic (exact) mass is 434 g/mol. The molecule has 0 bridgehead atoms. The van der Waals surface area contributed by atoms with Gasteiger partial charge in [0.2, 0.25) is 0 Å². The lowest BCUT2D eigenvalue weighted by atomic mass is 9.75. The first-order chi connectivity index (χ1) is 13.9. The number of thioether (sulfide) groups is 1. The molecule has 1 aromatic carbocycles. The van der Waals surface area contributed by atoms with E-state index >= 15 is 0 Å². The van der Waals surface area contributed by atoms with Gasteiger partial charge in [-0.05, 0) is 43.7 Å². The molecule has 3 heterocycles. The van der Waals surface area contributed by atoms with Gasteiger partial charge in [-0.2, -0.15) is 0 Å². The van der Waals surface area contributed by atoms with Crippen molar-refractivity contribution in [2.75, 3.05) is 17.7 Å². The summed E-state index contributed by atoms with van der Waals surface area (Å²) in [5.74, 6) is 0.0125. The standard InChI is InChI=1S/C20H20ClFN4O2S/c1-11-6-12-9-29-19(23)26-20(12,10-28-11)15-7-14(3-4-16(15)22)25-18(27)17-5-2-13(21)8-24-17/h2-5,7-8,11-12H,6,9-10H2,1H3,(H2,23,26)(H,25,27). The minimum Gasteiger partial charge on any atom is -0.379 e. The zero-order chi connectivity index (χ0) is 20.6. The predicted octanol–water partition coefficient (Wildman–Crippen LogP) is 3.81. The van der Waals surface area contributed by atoms with Gasteiger partial charge >= 0.3 is 0 Å². The molecule has 1 saturated heterocycles. The number of aliphatic imine (C=N–C) groups is 1. The van der Waals surface area contributed by atoms with Crippen LogP contribution in [-0.2, 0) is 10.3 Å². The number of nitrogens with one attached hydrogen (secondary N) is 1. The second-order valence-corrected chi connectivity index (χ2v) is 8.73. The van der Waals surface area contributed by atoms with Crippen LogP contribution in [0.4, 0.5) is 10.1 Å². The van der Waals surface area contributed by atoms with Gasteiger partial charge in [0.1, 0.15) is 17.1 Å². The lowest BCUT2D eigenvalue weighted by Crippen LogP contribution is -2.50. The number of amides is 1. The number of anilines is 1. The van der Waals surface area contributed by atoms with E-state index in [1.54, 1.807) is 12.1 Å². The van der Waals surface area contributed by atoms with Crippen molar-refractivity contribution in [3.05, 3.63) is 58.6 Å². The summed E-state index contributed by atoms with van der Waals surface area (Å²) < 4.78 is 20.8. The largest absolute Gasteiger partial charge is 0.379 e. The molecule has 1 fully saturated rings. The van der Waals surface area contributed by atoms with Gasteiger partial charge in [0.25, 0.3) is 5.91 Å². The van der Waals surface area contributed by atoms with E-state index < -0.39 is 17.3 Å². The highest BCUT2D eigenvalue weighted by molar-refractivity contribution is 8.13. The number of hydrogen-bond donors (Lipinski definition) is 2. The number of nitrogens with two attached hydrogens (primary N) is 1. The molecule has 0 spiro atoms. The van der Waals surface area contributed by atoms with Gasteiger partial charge in [-0.25, -0.2) is 14.4 Å². The van der Waals surface area contributed by atoms with Crippen molar-refractivity contribution in [3.63, 3.8) is 0 Å². The first-order valence-corrected chi connectivity index (χ1v) is 10.6. The molecular formula is C20H20ClFN4O2S. The third kappa shape index (κ3) is 3.97. The minimum atomic E-state index is -0.898. The van der Waals surface area contributed by atoms with E-state index in [-0.39, 0.29) is 24.3 Å². The molecule has 29 heavy (non-hydrogen) atoms. The van der Waals surface area contributed by atoms with Gasteiger partial charge < -0.3 is 15.8 Å². The van der Waals surface area contributed by atoms with Crippen molar-refractivity contribution in [2.45, 2.75) is 25.0 Å². The number of benzene rings is 1. The van der Waals surface area contributed by atoms with E-state index in [9.17, 15) is 9.18 Å². The zero-order valence-corrected chi connectivity index (χ0v) is 17.3. The van der Waals surface area contributed by atoms with E-state index in [1.807, 2.05) is 6.92 Å². The van der Waals surface area contributed by atoms with Crippen LogP contribution in [0.15, 0.2) is 41.5 Å². The molecule has 0 aliphatic carbocycles. The topological polar surface area (TPSA) is 89.6 Å². The average molecular weight is 435 g/mol. The summed E-state index contributed by atoms with van der Waals surface area (Å²) in [6, 6.07) is 7.56. The van der Waals surface area contributed by atoms with E-state index in [2.05, 4.69) is 15.3 Å². The number of ether oxygens (including phenoxy) is 1. The van der Waals surface area contributed by atoms with Crippen LogP contribution in [0.1, 0.15) is 29.4 Å². The van der Waals surface area contributed by atoms with Crippen LogP contribution in [0, 0.1) is 11.7 Å². The molecule has 2 aliphatic rings. The summed E-state index contributed by atoms with van der Waals surface area (Å²) in [7, 11) is 0. The molecule has 9 heteroatoms. The molecule has 3 atom stereocenters. The second-order valence-electron chi connectivity index (χ2n) is 7.25. The molecule has 3 unspecified atom stereocenters. The van der Waals surface area contributed by atoms with Crippen molar-refractivity contribution in [1.82, 2.24) is 4.98 Å². The highest BCUT2D eigenvalue weighted by atomic mass is 35.5. The molecule has 4 rings (SSSR count). The van der Waals surface area contributed by atoms with Crippen molar-refractivity contribution >= 4 is 40.1 Å². The number of amidine groups is 1. The van der Waals surface area contributed by atoms with Gasteiger partial charge in [0, 0.05) is 29.1 Å². The minimum absolute atomic E-state index is 0.0742. The number of aromatic nitrogens is 1. The number of carbonyl (C=O) groups excluding carboxylic acids is 1. The van der Waals surface area contributed by atoms with Crippen LogP contribution in [0.5, 0.6) is 0 Å². The first-order valence-electron chi connectivity index (χ1n) is 9.20. The summed E-state index contributed by atoms with van der Waals surface area (Å²) >= 11 is 7.29. The van der Waals surface area contributed by atoms with Crippen LogP contribution < -0.4 is 11.1 Å². The molecule has 2 aliphatic heterocycles. The Labute approximate surface area is 177 Å². The third-order valence-electron chi connectivity index (χ3n) is 5.27. The van der Waals surface area contributed by atoms with Crippen molar-refractivity contribution in [2.24, 2.45) is 16.6 Å². The average Bonchev–Trinajstić information content (AvgIpc) is 2.70. The maximum absolute atomic E-state index is 14.9. The second kappa shape index (κ2) is 7.93. The molecular weight excluding hydrogens is 415 g/mol. The normalized spacial score (nSPS) is 26.4. The quantitative estimate of drug-likeness (QED) is 0.766. The van der Waals surface area contributed by atoms with Crippen molar-refractivity contribution in [1.29, 1.82) is 0 Å². The molecule has 2 aromatic rings. The fraction of sp³-hybridized carbons (Fsp3) is 0.350. The number of fused-ring (bicyclic) bond motifs is 1. The Morgan fingerprint density at radius 1 is 1.41 bits per heavy atom. The maximum atomic E-state index is 14.9. The Hall–Kier alpha value is -2.16. The fourth-order valence-electron chi connectivity index (χ4n) is 3.79. The Morgan fingerprint density at radius 2 is 2.24 bits per heavy atom. The number of halogens is 2. The molecule has 3 N–H and O–H groups in total. The number of nitrogens with zero attached hydrogens (tertiary/aromatic N) is 2. The van der Waals surface area contributed by atoms with Crippen LogP contribution in [0.2, 0.25) is 5.02 Å². The van der Waals surface area contributed by atoms with Crippen LogP contribution >= 0.6 is 23.4 Å². The number of hydrogen-bond acceptors (Lipinski definition) is 6. The Morgan fingerprint density at radius 3 is 3.00 bits per heavy atom. The lowest BCUT2D eigenvalue weighted by molar-refractivity contribution is -0.0476. The number of pyridine rings is 1. The maximum Gasteiger partial charge on any atom is 0.274 e. The van der Waals surface area contributed by atoms with Gasteiger partial charge in [-0.15, -0.1) is 0 Å². The number of rotatable bonds is 3. The molecule has 1 aromatic heterocycles. The number of carbonyl (C=O) groups is 1. The molecule has 6 nitrogen and oxygen atoms in total. The first kappa shape index (κ1) is 20.1. The Balaban J connectivity index is 1.68. The smallest absolute Gasteiger partial charge is 0.274 e. The van der Waals surface area contributed by atoms with Crippen LogP contribution in [0.3, 0.4) is 0 Å². The van der Waals surface area contributed by atoms with Crippen molar-refractivity contribution in [3.8, 4) is 0 Å². The summed E-state index contributed by atoms with van der Waals surface area (Å²) in [5.41, 5.74) is 6.14. The molecule has 1 amide bonds. The van der Waals surface area contributed by atoms with Crippen LogP contribution in [-0.4, -0.2) is 34.5 Å². The fourth-order valence-corrected chi connectivity index (χ4v) is 4.92. The molecule has 0 radical (unpaired) electrons. The highest BCUT2D eigenvalue weighted by Crippen LogP contribution is 2.47. The summed E-state index contributed by atoms with van der Waals surface area (Å²) in [4.78, 5) is 21.1. The summed E-state index contributed by atoms with van der Waals surface area (Å²) in [6.45, 7) is 2.25. The third-order valence-corrected chi connectivity index (χ3v) is 6.45. The van der Waals surface area contributed by atoms with E-state index in [0.29, 0.717) is 21.4 Å². The summed E-state index contributed by atoms with van der Waals surface area (Å²) in [5, 5.41) is 3.61. The van der Waals surface area contributed by atoms with Crippen LogP contribution in [0.25, 0.3) is 0 Å². The van der Waals surface area contributed by atoms with Gasteiger partial charge in [-0.1, -0.05) is 23.4 Å². The van der Waals surface area contributed by atoms with E-state index in [4.69, 9.17) is 22.1 Å². The Kier molecular flexibility index (Phi) is 5.50. The van der Waals surface area contributed by atoms with Gasteiger partial charge in [-0.3, -0.25) is 4.79 Å². The summed E-state index contributed by atoms with van der Waals surface area (Å²) in [6.07, 6.45) is 2.23. The predicted molar refractivity (Wildman–Crippen MR) is 113 cm³/mol. The SMILES string of the molecule is CC1CC2CSC(N)=NC2(c2cc(NC(=O)c3ccc(Cl)cn3)ccc2F)CO1. The van der Waals surface area contributed by atoms with Gasteiger partial charge in [0.15, 0.2) is 5.17 Å². The molecule has 0 saturated carbocycles. The lowest BCUT2D eigenvalue weighted by Gasteiger charge is -2.45. The van der Waals surface area contributed by atoms with Crippen molar-refractivity contribution < 1.29 is 13.9 Å².